The second-order valence-corrected chi connectivity index (χ2v) is 16.3. The number of hydrogen-bond donors (Lipinski definition) is 0. The Balaban J connectivity index is 1.12. The molecule has 0 bridgehead atoms. The van der Waals surface area contributed by atoms with Crippen LogP contribution in [0, 0.1) is 0 Å². The van der Waals surface area contributed by atoms with E-state index in [-0.39, 0.29) is 0 Å². The largest absolute Gasteiger partial charge is 0.456 e. The fraction of sp³-hybridized carbons (Fsp3) is 0.0175. The summed E-state index contributed by atoms with van der Waals surface area (Å²) >= 11 is 0. The summed E-state index contributed by atoms with van der Waals surface area (Å²) in [5, 5.41) is 9.33. The van der Waals surface area contributed by atoms with Crippen molar-refractivity contribution in [2.75, 3.05) is 0 Å². The summed E-state index contributed by atoms with van der Waals surface area (Å²) in [6.07, 6.45) is 0. The number of para-hydroxylation sites is 1. The minimum atomic E-state index is -0.525. The van der Waals surface area contributed by atoms with Crippen LogP contribution in [-0.4, -0.2) is 0 Å². The fourth-order valence-corrected chi connectivity index (χ4v) is 11.1. The van der Waals surface area contributed by atoms with Crippen LogP contribution in [0.5, 0.6) is 0 Å². The van der Waals surface area contributed by atoms with Gasteiger partial charge in [0.1, 0.15) is 22.3 Å². The van der Waals surface area contributed by atoms with Crippen LogP contribution in [0.4, 0.5) is 0 Å². The molecular formula is C57H32O2. The van der Waals surface area contributed by atoms with Crippen LogP contribution in [0.1, 0.15) is 22.3 Å². The summed E-state index contributed by atoms with van der Waals surface area (Å²) in [5.74, 6) is 0. The van der Waals surface area contributed by atoms with Crippen LogP contribution in [0.15, 0.2) is 203 Å². The van der Waals surface area contributed by atoms with Crippen LogP contribution >= 0.6 is 0 Å². The third kappa shape index (κ3) is 3.96. The van der Waals surface area contributed by atoms with Gasteiger partial charge in [0.05, 0.1) is 5.41 Å². The summed E-state index contributed by atoms with van der Waals surface area (Å²) in [6.45, 7) is 0. The molecule has 0 N–H and O–H groups in total. The van der Waals surface area contributed by atoms with Crippen molar-refractivity contribution in [2.45, 2.75) is 5.41 Å². The highest BCUT2D eigenvalue weighted by atomic mass is 16.3. The van der Waals surface area contributed by atoms with Gasteiger partial charge >= 0.3 is 0 Å². The van der Waals surface area contributed by atoms with Gasteiger partial charge in [-0.3, -0.25) is 0 Å². The minimum Gasteiger partial charge on any atom is -0.456 e. The van der Waals surface area contributed by atoms with Gasteiger partial charge in [0.25, 0.3) is 0 Å². The van der Waals surface area contributed by atoms with Gasteiger partial charge in [-0.25, -0.2) is 0 Å². The molecular weight excluding hydrogens is 717 g/mol. The van der Waals surface area contributed by atoms with E-state index in [9.17, 15) is 0 Å². The van der Waals surface area contributed by atoms with Crippen molar-refractivity contribution in [3.63, 3.8) is 0 Å². The van der Waals surface area contributed by atoms with Crippen molar-refractivity contribution in [3.8, 4) is 44.5 Å². The van der Waals surface area contributed by atoms with Gasteiger partial charge in [-0.05, 0) is 125 Å². The Bertz CT molecular complexity index is 3750. The Hall–Kier alpha value is -7.68. The minimum absolute atomic E-state index is 0.525. The summed E-state index contributed by atoms with van der Waals surface area (Å²) in [7, 11) is 0. The molecule has 0 saturated carbocycles. The maximum atomic E-state index is 6.69. The molecule has 14 rings (SSSR count). The van der Waals surface area contributed by atoms with Crippen LogP contribution in [0.2, 0.25) is 0 Å². The molecule has 2 nitrogen and oxygen atoms in total. The van der Waals surface area contributed by atoms with Crippen molar-refractivity contribution in [1.29, 1.82) is 0 Å². The van der Waals surface area contributed by atoms with Gasteiger partial charge in [0.15, 0.2) is 0 Å². The van der Waals surface area contributed by atoms with Crippen molar-refractivity contribution in [3.05, 3.63) is 216 Å². The number of benzene rings is 10. The zero-order chi connectivity index (χ0) is 38.4. The molecule has 10 aromatic carbocycles. The predicted molar refractivity (Wildman–Crippen MR) is 243 cm³/mol. The molecule has 2 aromatic heterocycles. The highest BCUT2D eigenvalue weighted by Crippen LogP contribution is 2.65. The van der Waals surface area contributed by atoms with Crippen LogP contribution in [0.3, 0.4) is 0 Å². The van der Waals surface area contributed by atoms with E-state index in [4.69, 9.17) is 8.83 Å². The Labute approximate surface area is 339 Å². The quantitative estimate of drug-likeness (QED) is 0.176. The van der Waals surface area contributed by atoms with E-state index in [2.05, 4.69) is 188 Å². The predicted octanol–water partition coefficient (Wildman–Crippen LogP) is 15.5. The maximum absolute atomic E-state index is 6.69. The first kappa shape index (κ1) is 31.4. The summed E-state index contributed by atoms with van der Waals surface area (Å²) in [6, 6.07) is 71.4. The lowest BCUT2D eigenvalue weighted by Crippen LogP contribution is -2.26. The summed E-state index contributed by atoms with van der Waals surface area (Å²) in [4.78, 5) is 0. The van der Waals surface area contributed by atoms with Crippen molar-refractivity contribution >= 4 is 65.4 Å². The highest BCUT2D eigenvalue weighted by Gasteiger charge is 2.53. The lowest BCUT2D eigenvalue weighted by molar-refractivity contribution is 0.669. The highest BCUT2D eigenvalue weighted by molar-refractivity contribution is 6.20. The van der Waals surface area contributed by atoms with Gasteiger partial charge < -0.3 is 8.83 Å². The van der Waals surface area contributed by atoms with E-state index in [1.807, 2.05) is 6.07 Å². The molecule has 1 spiro atoms. The normalized spacial score (nSPS) is 13.6. The van der Waals surface area contributed by atoms with Crippen LogP contribution in [-0.2, 0) is 5.41 Å². The fourth-order valence-electron chi connectivity index (χ4n) is 11.1. The molecule has 272 valence electrons. The van der Waals surface area contributed by atoms with Gasteiger partial charge in [0.2, 0.25) is 0 Å². The first-order valence-corrected chi connectivity index (χ1v) is 20.4. The van der Waals surface area contributed by atoms with E-state index >= 15 is 0 Å². The molecule has 2 heterocycles. The van der Waals surface area contributed by atoms with E-state index in [1.54, 1.807) is 0 Å². The number of furan rings is 2. The van der Waals surface area contributed by atoms with E-state index in [0.29, 0.717) is 0 Å². The molecule has 0 atom stereocenters. The topological polar surface area (TPSA) is 26.3 Å². The SMILES string of the molecule is c1ccc2c(c1)-c1ccccc1C21c2ccccc2-c2c(-c3ccc4c(c3)oc3ccccc34)cc3ccc(-c4cccc5oc6c7ccccc7ccc6c45)cc3c21. The molecule has 59 heavy (non-hydrogen) atoms. The molecule has 12 aromatic rings. The maximum Gasteiger partial charge on any atom is 0.143 e. The Morgan fingerprint density at radius 2 is 0.915 bits per heavy atom. The number of fused-ring (bicyclic) bond motifs is 20. The van der Waals surface area contributed by atoms with Crippen LogP contribution < -0.4 is 0 Å². The molecule has 0 fully saturated rings. The first-order chi connectivity index (χ1) is 29.3. The van der Waals surface area contributed by atoms with Gasteiger partial charge in [-0.1, -0.05) is 152 Å². The molecule has 0 saturated heterocycles. The van der Waals surface area contributed by atoms with E-state index in [1.165, 1.54) is 77.4 Å². The zero-order valence-electron chi connectivity index (χ0n) is 31.8. The molecule has 2 heteroatoms. The molecule has 2 aliphatic carbocycles. The first-order valence-electron chi connectivity index (χ1n) is 20.4. The van der Waals surface area contributed by atoms with Crippen LogP contribution in [0.25, 0.3) is 110 Å². The molecule has 0 amide bonds. The zero-order valence-corrected chi connectivity index (χ0v) is 31.8. The second kappa shape index (κ2) is 11.2. The van der Waals surface area contributed by atoms with Gasteiger partial charge in [0, 0.05) is 26.9 Å². The Morgan fingerprint density at radius 1 is 0.322 bits per heavy atom. The van der Waals surface area contributed by atoms with E-state index < -0.39 is 5.41 Å². The monoisotopic (exact) mass is 748 g/mol. The summed E-state index contributed by atoms with van der Waals surface area (Å²) < 4.78 is 13.2. The number of hydrogen-bond acceptors (Lipinski definition) is 2. The number of rotatable bonds is 2. The second-order valence-electron chi connectivity index (χ2n) is 16.3. The standard InChI is InChI=1S/C57H32O2/c1-2-13-38-33(12-1)26-29-44-53-37(18-11-23-51(53)59-56(38)44)34-24-25-35-30-45(36-27-28-42-41-16-6-10-22-50(41)58-52(42)32-36)54-43-17-5-9-21-49(43)57(55(54)46(35)31-34)47-19-7-3-14-39(47)40-15-4-8-20-48(40)57/h1-32H. The van der Waals surface area contributed by atoms with Gasteiger partial charge in [-0.15, -0.1) is 0 Å². The lowest BCUT2D eigenvalue weighted by atomic mass is 9.69. The molecule has 0 radical (unpaired) electrons. The summed E-state index contributed by atoms with van der Waals surface area (Å²) in [5.41, 5.74) is 18.3. The third-order valence-corrected chi connectivity index (χ3v) is 13.5. The molecule has 0 aliphatic heterocycles. The molecule has 2 aliphatic rings. The van der Waals surface area contributed by atoms with Crippen molar-refractivity contribution in [2.24, 2.45) is 0 Å². The van der Waals surface area contributed by atoms with Crippen molar-refractivity contribution < 1.29 is 8.83 Å². The van der Waals surface area contributed by atoms with Gasteiger partial charge in [-0.2, -0.15) is 0 Å². The third-order valence-electron chi connectivity index (χ3n) is 13.5. The average molecular weight is 749 g/mol. The Kier molecular flexibility index (Phi) is 5.99. The lowest BCUT2D eigenvalue weighted by Gasteiger charge is -2.32. The average Bonchev–Trinajstić information content (AvgIpc) is 4.04. The van der Waals surface area contributed by atoms with Crippen molar-refractivity contribution in [1.82, 2.24) is 0 Å². The molecule has 0 unspecified atom stereocenters. The smallest absolute Gasteiger partial charge is 0.143 e. The van der Waals surface area contributed by atoms with E-state index in [0.717, 1.165) is 54.8 Å². The Morgan fingerprint density at radius 3 is 1.75 bits per heavy atom.